The van der Waals surface area contributed by atoms with E-state index in [1.807, 2.05) is 23.7 Å². The number of nitrogens with zero attached hydrogens (tertiary/aromatic N) is 5. The number of anilines is 1. The molecule has 4 rings (SSSR count). The predicted molar refractivity (Wildman–Crippen MR) is 117 cm³/mol. The predicted octanol–water partition coefficient (Wildman–Crippen LogP) is 2.58. The molecule has 26 heavy (non-hydrogen) atoms. The lowest BCUT2D eigenvalue weighted by atomic mass is 10.2. The third-order valence-electron chi connectivity index (χ3n) is 4.45. The van der Waals surface area contributed by atoms with Gasteiger partial charge in [0.05, 0.1) is 11.0 Å². The topological polar surface area (TPSA) is 86.4 Å². The average molecular weight is 483 g/mol. The summed E-state index contributed by atoms with van der Waals surface area (Å²) in [5.41, 5.74) is 9.40. The molecule has 3 aromatic rings. The van der Waals surface area contributed by atoms with Gasteiger partial charge < -0.3 is 20.5 Å². The van der Waals surface area contributed by atoms with Crippen molar-refractivity contribution in [2.45, 2.75) is 13.5 Å². The van der Waals surface area contributed by atoms with Crippen LogP contribution in [0.2, 0.25) is 0 Å². The van der Waals surface area contributed by atoms with Crippen LogP contribution in [-0.4, -0.2) is 52.0 Å². The number of nitrogens with two attached hydrogens (primary N) is 1. The third kappa shape index (κ3) is 3.93. The van der Waals surface area contributed by atoms with E-state index in [0.717, 1.165) is 53.7 Å². The first-order valence-electron chi connectivity index (χ1n) is 8.34. The third-order valence-corrected chi connectivity index (χ3v) is 5.28. The lowest BCUT2D eigenvalue weighted by molar-refractivity contribution is 0.380. The highest BCUT2D eigenvalue weighted by atomic mass is 127. The van der Waals surface area contributed by atoms with Crippen LogP contribution in [-0.2, 0) is 6.54 Å². The van der Waals surface area contributed by atoms with Gasteiger partial charge in [0, 0.05) is 37.8 Å². The van der Waals surface area contributed by atoms with Gasteiger partial charge in [-0.3, -0.25) is 0 Å². The highest BCUT2D eigenvalue weighted by molar-refractivity contribution is 14.0. The van der Waals surface area contributed by atoms with E-state index in [1.165, 1.54) is 0 Å². The Labute approximate surface area is 173 Å². The minimum absolute atomic E-state index is 0. The van der Waals surface area contributed by atoms with Crippen LogP contribution in [0, 0.1) is 6.92 Å². The van der Waals surface area contributed by atoms with Gasteiger partial charge in [-0.25, -0.2) is 15.0 Å². The number of benzene rings is 1. The van der Waals surface area contributed by atoms with E-state index in [4.69, 9.17) is 5.73 Å². The number of rotatable bonds is 3. The van der Waals surface area contributed by atoms with Crippen LogP contribution in [0.25, 0.3) is 11.0 Å². The molecular weight excluding hydrogens is 461 g/mol. The Hall–Kier alpha value is -1.88. The fraction of sp³-hybridized carbons (Fsp3) is 0.353. The van der Waals surface area contributed by atoms with E-state index in [-0.39, 0.29) is 24.0 Å². The highest BCUT2D eigenvalue weighted by Crippen LogP contribution is 2.19. The van der Waals surface area contributed by atoms with Gasteiger partial charge in [-0.15, -0.1) is 35.3 Å². The van der Waals surface area contributed by atoms with Crippen molar-refractivity contribution in [1.29, 1.82) is 0 Å². The van der Waals surface area contributed by atoms with Gasteiger partial charge in [0.1, 0.15) is 12.4 Å². The number of fused-ring (bicyclic) bond motifs is 1. The molecule has 1 aliphatic rings. The molecule has 9 heteroatoms. The van der Waals surface area contributed by atoms with Crippen molar-refractivity contribution in [3.63, 3.8) is 0 Å². The number of piperazine rings is 1. The second-order valence-electron chi connectivity index (χ2n) is 6.12. The molecule has 3 heterocycles. The molecule has 0 bridgehead atoms. The van der Waals surface area contributed by atoms with Gasteiger partial charge in [-0.05, 0) is 18.6 Å². The van der Waals surface area contributed by atoms with Crippen molar-refractivity contribution in [2.24, 2.45) is 10.7 Å². The largest absolute Gasteiger partial charge is 0.370 e. The average Bonchev–Trinajstić information content (AvgIpc) is 3.30. The van der Waals surface area contributed by atoms with Gasteiger partial charge >= 0.3 is 0 Å². The van der Waals surface area contributed by atoms with E-state index in [2.05, 4.69) is 42.7 Å². The van der Waals surface area contributed by atoms with E-state index < -0.39 is 0 Å². The molecule has 0 saturated carbocycles. The summed E-state index contributed by atoms with van der Waals surface area (Å²) in [7, 11) is 0. The fourth-order valence-electron chi connectivity index (χ4n) is 3.06. The Morgan fingerprint density at radius 2 is 2.12 bits per heavy atom. The van der Waals surface area contributed by atoms with Crippen LogP contribution in [0.15, 0.2) is 34.8 Å². The zero-order valence-electron chi connectivity index (χ0n) is 14.6. The zero-order chi connectivity index (χ0) is 17.2. The Bertz CT molecular complexity index is 882. The maximum Gasteiger partial charge on any atom is 0.191 e. The summed E-state index contributed by atoms with van der Waals surface area (Å²) in [5.74, 6) is 1.42. The Kier molecular flexibility index (Phi) is 5.97. The molecule has 2 aromatic heterocycles. The SMILES string of the molecule is Cc1cccc2[nH]c(CN=C(N)N3CCN(c4nccs4)CC3)nc12.I. The Balaban J connectivity index is 0.00000196. The molecular formula is C17H22IN7S. The quantitative estimate of drug-likeness (QED) is 0.340. The monoisotopic (exact) mass is 483 g/mol. The Morgan fingerprint density at radius 3 is 2.81 bits per heavy atom. The second kappa shape index (κ2) is 8.21. The molecule has 1 aliphatic heterocycles. The first kappa shape index (κ1) is 18.9. The van der Waals surface area contributed by atoms with Gasteiger partial charge in [0.25, 0.3) is 0 Å². The number of halogens is 1. The summed E-state index contributed by atoms with van der Waals surface area (Å²) in [6, 6.07) is 6.12. The van der Waals surface area contributed by atoms with Crippen molar-refractivity contribution in [3.05, 3.63) is 41.2 Å². The summed E-state index contributed by atoms with van der Waals surface area (Å²) in [6.07, 6.45) is 1.84. The van der Waals surface area contributed by atoms with Crippen molar-refractivity contribution < 1.29 is 0 Å². The van der Waals surface area contributed by atoms with Gasteiger partial charge in [-0.1, -0.05) is 12.1 Å². The Morgan fingerprint density at radius 1 is 1.31 bits per heavy atom. The van der Waals surface area contributed by atoms with Gasteiger partial charge in [0.2, 0.25) is 0 Å². The summed E-state index contributed by atoms with van der Waals surface area (Å²) in [5, 5.41) is 3.08. The van der Waals surface area contributed by atoms with Gasteiger partial charge in [-0.2, -0.15) is 0 Å². The van der Waals surface area contributed by atoms with E-state index in [0.29, 0.717) is 12.5 Å². The molecule has 0 aliphatic carbocycles. The van der Waals surface area contributed by atoms with Gasteiger partial charge in [0.15, 0.2) is 11.1 Å². The van der Waals surface area contributed by atoms with Crippen molar-refractivity contribution >= 4 is 57.4 Å². The van der Waals surface area contributed by atoms with Crippen LogP contribution in [0.1, 0.15) is 11.4 Å². The number of H-pyrrole nitrogens is 1. The standard InChI is InChI=1S/C17H21N7S.HI/c1-12-3-2-4-13-15(12)22-14(21-13)11-20-16(18)23-6-8-24(9-7-23)17-19-5-10-25-17;/h2-5,10H,6-9,11H2,1H3,(H2,18,20)(H,21,22);1H. The minimum Gasteiger partial charge on any atom is -0.370 e. The normalized spacial score (nSPS) is 15.3. The number of para-hydroxylation sites is 1. The minimum atomic E-state index is 0. The summed E-state index contributed by atoms with van der Waals surface area (Å²) < 4.78 is 0. The molecule has 0 spiro atoms. The van der Waals surface area contributed by atoms with Crippen LogP contribution >= 0.6 is 35.3 Å². The lowest BCUT2D eigenvalue weighted by Gasteiger charge is -2.35. The van der Waals surface area contributed by atoms with Crippen molar-refractivity contribution in [2.75, 3.05) is 31.1 Å². The number of imidazole rings is 1. The first-order chi connectivity index (χ1) is 12.2. The number of aliphatic imine (C=N–C) groups is 1. The number of guanidine groups is 1. The number of nitrogens with one attached hydrogen (secondary N) is 1. The van der Waals surface area contributed by atoms with E-state index in [1.54, 1.807) is 11.3 Å². The molecule has 1 aromatic carbocycles. The molecule has 0 radical (unpaired) electrons. The molecule has 1 fully saturated rings. The molecule has 0 atom stereocenters. The van der Waals surface area contributed by atoms with Crippen molar-refractivity contribution in [3.8, 4) is 0 Å². The van der Waals surface area contributed by atoms with Crippen LogP contribution < -0.4 is 10.6 Å². The first-order valence-corrected chi connectivity index (χ1v) is 9.22. The lowest BCUT2D eigenvalue weighted by Crippen LogP contribution is -2.51. The number of hydrogen-bond acceptors (Lipinski definition) is 5. The van der Waals surface area contributed by atoms with Crippen LogP contribution in [0.4, 0.5) is 5.13 Å². The van der Waals surface area contributed by atoms with E-state index in [9.17, 15) is 0 Å². The van der Waals surface area contributed by atoms with Crippen LogP contribution in [0.5, 0.6) is 0 Å². The smallest absolute Gasteiger partial charge is 0.191 e. The maximum atomic E-state index is 6.19. The molecule has 7 nitrogen and oxygen atoms in total. The second-order valence-corrected chi connectivity index (χ2v) is 6.99. The molecule has 1 saturated heterocycles. The molecule has 0 unspecified atom stereocenters. The highest BCUT2D eigenvalue weighted by Gasteiger charge is 2.19. The number of aromatic amines is 1. The maximum absolute atomic E-state index is 6.19. The molecule has 3 N–H and O–H groups in total. The summed E-state index contributed by atoms with van der Waals surface area (Å²) in [6.45, 7) is 6.06. The number of hydrogen-bond donors (Lipinski definition) is 2. The fourth-order valence-corrected chi connectivity index (χ4v) is 3.75. The molecule has 0 amide bonds. The van der Waals surface area contributed by atoms with Crippen LogP contribution in [0.3, 0.4) is 0 Å². The molecule has 138 valence electrons. The number of thiazole rings is 1. The number of aromatic nitrogens is 3. The van der Waals surface area contributed by atoms with E-state index >= 15 is 0 Å². The van der Waals surface area contributed by atoms with Crippen molar-refractivity contribution in [1.82, 2.24) is 19.9 Å². The summed E-state index contributed by atoms with van der Waals surface area (Å²) in [4.78, 5) is 21.2. The number of aryl methyl sites for hydroxylation is 1. The summed E-state index contributed by atoms with van der Waals surface area (Å²) >= 11 is 1.67. The zero-order valence-corrected chi connectivity index (χ0v) is 17.7.